The maximum absolute atomic E-state index is 13.8. The first-order chi connectivity index (χ1) is 18.4. The van der Waals surface area contributed by atoms with Gasteiger partial charge in [-0.1, -0.05) is 24.6 Å². The van der Waals surface area contributed by atoms with Gasteiger partial charge in [0.15, 0.2) is 17.3 Å². The summed E-state index contributed by atoms with van der Waals surface area (Å²) in [7, 11) is 3.18. The number of rotatable bonds is 6. The molecule has 38 heavy (non-hydrogen) atoms. The molecule has 1 fully saturated rings. The molecular formula is C31H34FNO5. The number of nitrogens with one attached hydrogen (secondary N) is 1. The molecule has 1 heterocycles. The number of carbonyl (C=O) groups is 2. The number of ketones is 1. The number of methoxy groups -OCH3 is 2. The molecule has 2 unspecified atom stereocenters. The molecule has 0 aromatic heterocycles. The van der Waals surface area contributed by atoms with Gasteiger partial charge in [0, 0.05) is 29.3 Å². The van der Waals surface area contributed by atoms with Crippen molar-refractivity contribution in [1.29, 1.82) is 0 Å². The highest BCUT2D eigenvalue weighted by Gasteiger charge is 2.42. The number of carbonyl (C=O) groups excluding carboxylic acids is 2. The predicted molar refractivity (Wildman–Crippen MR) is 141 cm³/mol. The monoisotopic (exact) mass is 519 g/mol. The van der Waals surface area contributed by atoms with Gasteiger partial charge in [-0.05, 0) is 80.3 Å². The Balaban J connectivity index is 1.51. The fraction of sp³-hybridized carbons (Fsp3) is 0.419. The number of ether oxygens (including phenoxy) is 3. The van der Waals surface area contributed by atoms with Crippen molar-refractivity contribution in [3.63, 3.8) is 0 Å². The first-order valence-electron chi connectivity index (χ1n) is 13.3. The molecule has 6 nitrogen and oxygen atoms in total. The van der Waals surface area contributed by atoms with Crippen LogP contribution in [-0.2, 0) is 14.3 Å². The Morgan fingerprint density at radius 3 is 2.29 bits per heavy atom. The van der Waals surface area contributed by atoms with E-state index in [2.05, 4.69) is 5.32 Å². The zero-order valence-corrected chi connectivity index (χ0v) is 22.1. The van der Waals surface area contributed by atoms with Crippen LogP contribution in [0.25, 0.3) is 0 Å². The van der Waals surface area contributed by atoms with Crippen molar-refractivity contribution < 1.29 is 28.2 Å². The zero-order chi connectivity index (χ0) is 26.8. The summed E-state index contributed by atoms with van der Waals surface area (Å²) in [5, 5.41) is 3.39. The van der Waals surface area contributed by atoms with Crippen LogP contribution in [-0.4, -0.2) is 32.1 Å². The second kappa shape index (κ2) is 11.0. The molecular weight excluding hydrogens is 485 g/mol. The molecule has 2 atom stereocenters. The van der Waals surface area contributed by atoms with Gasteiger partial charge in [0.2, 0.25) is 0 Å². The number of hydrogen-bond acceptors (Lipinski definition) is 6. The molecule has 3 aliphatic rings. The molecule has 0 radical (unpaired) electrons. The normalized spacial score (nSPS) is 22.1. The van der Waals surface area contributed by atoms with Crippen LogP contribution in [0.2, 0.25) is 0 Å². The lowest BCUT2D eigenvalue weighted by Gasteiger charge is -2.37. The van der Waals surface area contributed by atoms with Gasteiger partial charge in [0.25, 0.3) is 0 Å². The van der Waals surface area contributed by atoms with E-state index in [1.165, 1.54) is 12.1 Å². The fourth-order valence-corrected chi connectivity index (χ4v) is 6.04. The maximum Gasteiger partial charge on any atom is 0.337 e. The quantitative estimate of drug-likeness (QED) is 0.466. The van der Waals surface area contributed by atoms with E-state index in [1.54, 1.807) is 26.4 Å². The summed E-state index contributed by atoms with van der Waals surface area (Å²) in [4.78, 5) is 27.4. The maximum atomic E-state index is 13.8. The summed E-state index contributed by atoms with van der Waals surface area (Å²) >= 11 is 0. The van der Waals surface area contributed by atoms with Crippen molar-refractivity contribution in [3.05, 3.63) is 81.9 Å². The molecule has 2 aromatic carbocycles. The van der Waals surface area contributed by atoms with E-state index in [1.807, 2.05) is 25.1 Å². The van der Waals surface area contributed by atoms with Gasteiger partial charge >= 0.3 is 5.97 Å². The molecule has 0 amide bonds. The molecule has 2 aliphatic carbocycles. The minimum absolute atomic E-state index is 0.0386. The van der Waals surface area contributed by atoms with Crippen molar-refractivity contribution >= 4 is 11.8 Å². The standard InChI is InChI=1S/C31H34FNO5/c1-18-28(31(35)38-23-7-5-4-6-8-23)29(19-9-12-22(32)13-10-19)30-24(33-18)15-21(16-25(30)34)20-11-14-26(36-2)27(17-20)37-3/h9-14,17,21,23,29,33H,4-8,15-16H2,1-3H3. The van der Waals surface area contributed by atoms with Crippen LogP contribution in [0, 0.1) is 5.82 Å². The van der Waals surface area contributed by atoms with Crippen LogP contribution < -0.4 is 14.8 Å². The topological polar surface area (TPSA) is 73.9 Å². The highest BCUT2D eigenvalue weighted by molar-refractivity contribution is 6.04. The lowest BCUT2D eigenvalue weighted by molar-refractivity contribution is -0.146. The molecule has 200 valence electrons. The Hall–Kier alpha value is -3.61. The summed E-state index contributed by atoms with van der Waals surface area (Å²) in [6.07, 6.45) is 5.72. The molecule has 5 rings (SSSR count). The smallest absolute Gasteiger partial charge is 0.337 e. The highest BCUT2D eigenvalue weighted by Crippen LogP contribution is 2.46. The minimum Gasteiger partial charge on any atom is -0.493 e. The van der Waals surface area contributed by atoms with Gasteiger partial charge in [-0.25, -0.2) is 9.18 Å². The van der Waals surface area contributed by atoms with Gasteiger partial charge in [0.1, 0.15) is 11.9 Å². The average molecular weight is 520 g/mol. The third-order valence-corrected chi connectivity index (χ3v) is 7.96. The molecule has 0 saturated heterocycles. The zero-order valence-electron chi connectivity index (χ0n) is 22.1. The number of benzene rings is 2. The molecule has 0 bridgehead atoms. The Kier molecular flexibility index (Phi) is 7.54. The second-order valence-corrected chi connectivity index (χ2v) is 10.3. The SMILES string of the molecule is COc1ccc(C2CC(=O)C3=C(C2)NC(C)=C(C(=O)OC2CCCCC2)C3c2ccc(F)cc2)cc1OC. The fourth-order valence-electron chi connectivity index (χ4n) is 6.04. The Morgan fingerprint density at radius 2 is 1.61 bits per heavy atom. The van der Waals surface area contributed by atoms with Crippen molar-refractivity contribution in [3.8, 4) is 11.5 Å². The van der Waals surface area contributed by atoms with Gasteiger partial charge in [0.05, 0.1) is 19.8 Å². The van der Waals surface area contributed by atoms with E-state index >= 15 is 0 Å². The molecule has 7 heteroatoms. The molecule has 1 N–H and O–H groups in total. The minimum atomic E-state index is -0.609. The number of allylic oxidation sites excluding steroid dienone is 3. The van der Waals surface area contributed by atoms with Gasteiger partial charge in [-0.2, -0.15) is 0 Å². The van der Waals surface area contributed by atoms with Gasteiger partial charge in [-0.15, -0.1) is 0 Å². The molecule has 1 saturated carbocycles. The van der Waals surface area contributed by atoms with Crippen LogP contribution in [0.15, 0.2) is 65.0 Å². The van der Waals surface area contributed by atoms with Gasteiger partial charge in [-0.3, -0.25) is 4.79 Å². The molecule has 1 aliphatic heterocycles. The predicted octanol–water partition coefficient (Wildman–Crippen LogP) is 6.08. The summed E-state index contributed by atoms with van der Waals surface area (Å²) in [6.45, 7) is 1.85. The third kappa shape index (κ3) is 5.06. The second-order valence-electron chi connectivity index (χ2n) is 10.3. The third-order valence-electron chi connectivity index (χ3n) is 7.96. The van der Waals surface area contributed by atoms with E-state index in [0.717, 1.165) is 43.4 Å². The lowest BCUT2D eigenvalue weighted by Crippen LogP contribution is -2.37. The van der Waals surface area contributed by atoms with Crippen LogP contribution in [0.5, 0.6) is 11.5 Å². The van der Waals surface area contributed by atoms with E-state index < -0.39 is 11.9 Å². The van der Waals surface area contributed by atoms with E-state index in [-0.39, 0.29) is 30.0 Å². The average Bonchev–Trinajstić information content (AvgIpc) is 2.92. The number of halogens is 1. The Labute approximate surface area is 222 Å². The first-order valence-corrected chi connectivity index (χ1v) is 13.3. The van der Waals surface area contributed by atoms with Crippen LogP contribution in [0.3, 0.4) is 0 Å². The molecule has 0 spiro atoms. The Bertz CT molecular complexity index is 1290. The summed E-state index contributed by atoms with van der Waals surface area (Å²) in [5.41, 5.74) is 4.13. The van der Waals surface area contributed by atoms with Crippen LogP contribution in [0.4, 0.5) is 4.39 Å². The highest BCUT2D eigenvalue weighted by atomic mass is 19.1. The summed E-state index contributed by atoms with van der Waals surface area (Å²) < 4.78 is 30.7. The lowest BCUT2D eigenvalue weighted by atomic mass is 9.71. The number of Topliss-reactive ketones (excluding diaryl/α,β-unsaturated/α-hetero) is 1. The van der Waals surface area contributed by atoms with Crippen molar-refractivity contribution in [2.24, 2.45) is 0 Å². The van der Waals surface area contributed by atoms with Gasteiger partial charge < -0.3 is 19.5 Å². The van der Waals surface area contributed by atoms with Crippen LogP contribution >= 0.6 is 0 Å². The van der Waals surface area contributed by atoms with E-state index in [4.69, 9.17) is 14.2 Å². The molecule has 2 aromatic rings. The first kappa shape index (κ1) is 26.0. The van der Waals surface area contributed by atoms with E-state index in [0.29, 0.717) is 40.3 Å². The van der Waals surface area contributed by atoms with Crippen LogP contribution in [0.1, 0.15) is 74.8 Å². The number of dihydropyridines is 1. The summed E-state index contributed by atoms with van der Waals surface area (Å²) in [5.74, 6) is -0.242. The number of esters is 1. The van der Waals surface area contributed by atoms with E-state index in [9.17, 15) is 14.0 Å². The van der Waals surface area contributed by atoms with Crippen molar-refractivity contribution in [2.75, 3.05) is 14.2 Å². The van der Waals surface area contributed by atoms with Crippen molar-refractivity contribution in [2.45, 2.75) is 69.8 Å². The summed E-state index contributed by atoms with van der Waals surface area (Å²) in [6, 6.07) is 11.8. The number of hydrogen-bond donors (Lipinski definition) is 1. The van der Waals surface area contributed by atoms with Crippen molar-refractivity contribution in [1.82, 2.24) is 5.32 Å². The largest absolute Gasteiger partial charge is 0.493 e. The Morgan fingerprint density at radius 1 is 0.921 bits per heavy atom.